The van der Waals surface area contributed by atoms with E-state index in [1.54, 1.807) is 24.0 Å². The highest BCUT2D eigenvalue weighted by Crippen LogP contribution is 2.32. The first-order valence-corrected chi connectivity index (χ1v) is 8.75. The fraction of sp³-hybridized carbons (Fsp3) is 0.250. The van der Waals surface area contributed by atoms with Gasteiger partial charge in [0.15, 0.2) is 5.16 Å². The van der Waals surface area contributed by atoms with Crippen LogP contribution < -0.4 is 15.8 Å². The van der Waals surface area contributed by atoms with Crippen LogP contribution in [0.15, 0.2) is 35.7 Å². The molecule has 0 saturated carbocycles. The van der Waals surface area contributed by atoms with E-state index in [-0.39, 0.29) is 6.04 Å². The van der Waals surface area contributed by atoms with Crippen LogP contribution in [0.5, 0.6) is 5.75 Å². The van der Waals surface area contributed by atoms with Gasteiger partial charge >= 0.3 is 6.03 Å². The minimum Gasteiger partial charge on any atom is -0.494 e. The van der Waals surface area contributed by atoms with Crippen molar-refractivity contribution in [2.45, 2.75) is 18.1 Å². The van der Waals surface area contributed by atoms with Crippen LogP contribution in [-0.4, -0.2) is 39.0 Å². The summed E-state index contributed by atoms with van der Waals surface area (Å²) in [4.78, 5) is 20.1. The van der Waals surface area contributed by atoms with Gasteiger partial charge < -0.3 is 15.8 Å². The van der Waals surface area contributed by atoms with Gasteiger partial charge in [0.05, 0.1) is 42.4 Å². The smallest absolute Gasteiger partial charge is 0.312 e. The maximum Gasteiger partial charge on any atom is 0.312 e. The first-order valence-electron chi connectivity index (χ1n) is 7.52. The van der Waals surface area contributed by atoms with E-state index in [2.05, 4.69) is 20.4 Å². The van der Waals surface area contributed by atoms with Gasteiger partial charge in [-0.25, -0.2) is 14.3 Å². The summed E-state index contributed by atoms with van der Waals surface area (Å²) in [6.45, 7) is 1.81. The molecule has 130 valence electrons. The number of nitrogens with one attached hydrogen (secondary N) is 1. The van der Waals surface area contributed by atoms with Crippen molar-refractivity contribution in [1.82, 2.24) is 24.9 Å². The van der Waals surface area contributed by atoms with E-state index in [9.17, 15) is 4.79 Å². The van der Waals surface area contributed by atoms with Gasteiger partial charge in [-0.05, 0) is 31.4 Å². The Morgan fingerprint density at radius 1 is 1.44 bits per heavy atom. The summed E-state index contributed by atoms with van der Waals surface area (Å²) in [7, 11) is 1.58. The van der Waals surface area contributed by atoms with E-state index in [1.807, 2.05) is 31.4 Å². The van der Waals surface area contributed by atoms with Crippen molar-refractivity contribution < 1.29 is 9.53 Å². The normalized spacial score (nSPS) is 12.1. The third-order valence-electron chi connectivity index (χ3n) is 3.72. The van der Waals surface area contributed by atoms with E-state index in [0.29, 0.717) is 11.4 Å². The average molecular weight is 358 g/mol. The molecule has 2 amide bonds. The molecule has 9 heteroatoms. The van der Waals surface area contributed by atoms with Crippen molar-refractivity contribution in [3.05, 3.63) is 36.3 Å². The quantitative estimate of drug-likeness (QED) is 0.535. The standard InChI is InChI=1S/C16H18N6O2S/c1-9(20-15(17)23)12-7-11(14(24-2)8-18-12)13-6-10-4-5-19-22(10)16(21-13)25-3/h4-9H,1-3H3,(H3,17,20,23)/t9-/m1/s1. The molecule has 0 radical (unpaired) electrons. The van der Waals surface area contributed by atoms with Crippen molar-refractivity contribution in [2.24, 2.45) is 5.73 Å². The van der Waals surface area contributed by atoms with Crippen molar-refractivity contribution in [3.8, 4) is 17.0 Å². The molecule has 0 aliphatic carbocycles. The number of methoxy groups -OCH3 is 1. The first-order chi connectivity index (χ1) is 12.0. The van der Waals surface area contributed by atoms with Gasteiger partial charge in [-0.1, -0.05) is 11.8 Å². The molecule has 3 aromatic heterocycles. The number of nitrogens with zero attached hydrogens (tertiary/aromatic N) is 4. The summed E-state index contributed by atoms with van der Waals surface area (Å²) >= 11 is 1.50. The molecule has 3 aromatic rings. The largest absolute Gasteiger partial charge is 0.494 e. The second kappa shape index (κ2) is 6.98. The molecule has 8 nitrogen and oxygen atoms in total. The van der Waals surface area contributed by atoms with Crippen LogP contribution in [0.3, 0.4) is 0 Å². The van der Waals surface area contributed by atoms with Gasteiger partial charge in [-0.2, -0.15) is 5.10 Å². The SMILES string of the molecule is COc1cnc([C@@H](C)NC(N)=O)cc1-c1cc2ccnn2c(SC)n1. The maximum absolute atomic E-state index is 11.1. The number of ether oxygens (including phenoxy) is 1. The van der Waals surface area contributed by atoms with E-state index in [4.69, 9.17) is 10.5 Å². The van der Waals surface area contributed by atoms with Crippen LogP contribution in [0.1, 0.15) is 18.7 Å². The van der Waals surface area contributed by atoms with Crippen molar-refractivity contribution in [2.75, 3.05) is 13.4 Å². The third kappa shape index (κ3) is 3.36. The van der Waals surface area contributed by atoms with Crippen molar-refractivity contribution >= 4 is 23.3 Å². The zero-order chi connectivity index (χ0) is 18.0. The van der Waals surface area contributed by atoms with Crippen LogP contribution in [-0.2, 0) is 0 Å². The van der Waals surface area contributed by atoms with Crippen LogP contribution >= 0.6 is 11.8 Å². The summed E-state index contributed by atoms with van der Waals surface area (Å²) in [6, 6.07) is 4.76. The second-order valence-electron chi connectivity index (χ2n) is 5.34. The lowest BCUT2D eigenvalue weighted by Gasteiger charge is -2.15. The lowest BCUT2D eigenvalue weighted by molar-refractivity contribution is 0.246. The number of hydrogen-bond acceptors (Lipinski definition) is 6. The number of pyridine rings is 1. The zero-order valence-corrected chi connectivity index (χ0v) is 14.9. The lowest BCUT2D eigenvalue weighted by Crippen LogP contribution is -2.32. The average Bonchev–Trinajstić information content (AvgIpc) is 3.08. The summed E-state index contributed by atoms with van der Waals surface area (Å²) in [5.74, 6) is 0.596. The fourth-order valence-corrected chi connectivity index (χ4v) is 3.04. The van der Waals surface area contributed by atoms with Crippen LogP contribution in [0.2, 0.25) is 0 Å². The monoisotopic (exact) mass is 358 g/mol. The van der Waals surface area contributed by atoms with E-state index in [0.717, 1.165) is 21.9 Å². The van der Waals surface area contributed by atoms with E-state index < -0.39 is 6.03 Å². The molecule has 3 heterocycles. The van der Waals surface area contributed by atoms with Crippen molar-refractivity contribution in [1.29, 1.82) is 0 Å². The van der Waals surface area contributed by atoms with Gasteiger partial charge in [-0.3, -0.25) is 4.98 Å². The molecule has 0 aliphatic heterocycles. The van der Waals surface area contributed by atoms with Crippen LogP contribution in [0.25, 0.3) is 16.8 Å². The highest BCUT2D eigenvalue weighted by molar-refractivity contribution is 7.98. The number of carbonyl (C=O) groups excluding carboxylic acids is 1. The topological polar surface area (TPSA) is 107 Å². The molecule has 25 heavy (non-hydrogen) atoms. The van der Waals surface area contributed by atoms with Crippen LogP contribution in [0.4, 0.5) is 4.79 Å². The molecular formula is C16H18N6O2S. The number of aromatic nitrogens is 4. The Labute approximate surface area is 148 Å². The van der Waals surface area contributed by atoms with Gasteiger partial charge in [-0.15, -0.1) is 0 Å². The number of rotatable bonds is 5. The molecule has 0 aliphatic rings. The molecule has 3 N–H and O–H groups in total. The summed E-state index contributed by atoms with van der Waals surface area (Å²) < 4.78 is 7.22. The summed E-state index contributed by atoms with van der Waals surface area (Å²) in [5, 5.41) is 7.66. The number of thioether (sulfide) groups is 1. The first kappa shape index (κ1) is 17.0. The number of primary amides is 1. The molecule has 3 rings (SSSR count). The van der Waals surface area contributed by atoms with Crippen LogP contribution in [0, 0.1) is 0 Å². The number of urea groups is 1. The summed E-state index contributed by atoms with van der Waals surface area (Å²) in [6.07, 6.45) is 5.29. The van der Waals surface area contributed by atoms with E-state index >= 15 is 0 Å². The number of carbonyl (C=O) groups is 1. The fourth-order valence-electron chi connectivity index (χ4n) is 2.52. The van der Waals surface area contributed by atoms with Gasteiger partial charge in [0.25, 0.3) is 0 Å². The number of fused-ring (bicyclic) bond motifs is 1. The molecule has 1 atom stereocenters. The Bertz CT molecular complexity index is 926. The minimum absolute atomic E-state index is 0.333. The van der Waals surface area contributed by atoms with Gasteiger partial charge in [0, 0.05) is 5.56 Å². The minimum atomic E-state index is -0.602. The zero-order valence-electron chi connectivity index (χ0n) is 14.1. The Morgan fingerprint density at radius 3 is 2.92 bits per heavy atom. The molecular weight excluding hydrogens is 340 g/mol. The lowest BCUT2D eigenvalue weighted by atomic mass is 10.1. The second-order valence-corrected chi connectivity index (χ2v) is 6.11. The highest BCUT2D eigenvalue weighted by Gasteiger charge is 2.16. The number of nitrogens with two attached hydrogens (primary N) is 1. The van der Waals surface area contributed by atoms with Crippen molar-refractivity contribution in [3.63, 3.8) is 0 Å². The maximum atomic E-state index is 11.1. The Balaban J connectivity index is 2.13. The third-order valence-corrected chi connectivity index (χ3v) is 4.35. The molecule has 0 spiro atoms. The molecule has 0 fully saturated rings. The predicted molar refractivity (Wildman–Crippen MR) is 95.7 cm³/mol. The Morgan fingerprint density at radius 2 is 2.24 bits per heavy atom. The molecule has 0 bridgehead atoms. The highest BCUT2D eigenvalue weighted by atomic mass is 32.2. The molecule has 0 unspecified atom stereocenters. The van der Waals surface area contributed by atoms with Gasteiger partial charge in [0.1, 0.15) is 5.75 Å². The predicted octanol–water partition coefficient (Wildman–Crippen LogP) is 2.25. The molecule has 0 aromatic carbocycles. The number of amides is 2. The van der Waals surface area contributed by atoms with Gasteiger partial charge in [0.2, 0.25) is 0 Å². The molecule has 0 saturated heterocycles. The Kier molecular flexibility index (Phi) is 4.75. The van der Waals surface area contributed by atoms with E-state index in [1.165, 1.54) is 11.8 Å². The summed E-state index contributed by atoms with van der Waals surface area (Å²) in [5.41, 5.74) is 8.31. The number of hydrogen-bond donors (Lipinski definition) is 2. The Hall–Kier alpha value is -2.81.